The first kappa shape index (κ1) is 48.9. The molecular weight excluding hydrogens is 1000 g/mol. The minimum absolute atomic E-state index is 0.00419. The first-order valence-electron chi connectivity index (χ1n) is 21.6. The minimum Gasteiger partial charge on any atom is -0.308 e. The summed E-state index contributed by atoms with van der Waals surface area (Å²) >= 11 is 0. The van der Waals surface area contributed by atoms with Gasteiger partial charge in [-0.05, 0) is 130 Å². The third kappa shape index (κ3) is 8.47. The van der Waals surface area contributed by atoms with Crippen molar-refractivity contribution in [2.24, 2.45) is 0 Å². The molecule has 0 spiro atoms. The first-order chi connectivity index (χ1) is 34.7. The monoisotopic (exact) mass is 1030 g/mol. The SMILES string of the molecule is N#Cc1cc(C(F)(F)F)ccc1-c1cc(-n2c3ccccc3c3cc(-c4cc(C(F)(F)F)cc(C(F)(F)F)c4)ccc32)c(C#N)c(-n2c3ccccc3c3cc(-c4cc(C(F)(F)F)cc(C(F)(F)F)c4)ccc32)c1. The number of aromatic nitrogens is 2. The zero-order chi connectivity index (χ0) is 53.0. The number of fused-ring (bicyclic) bond motifs is 6. The average Bonchev–Trinajstić information content (AvgIpc) is 3.86. The topological polar surface area (TPSA) is 57.4 Å². The molecule has 19 heteroatoms. The van der Waals surface area contributed by atoms with Crippen LogP contribution >= 0.6 is 0 Å². The Balaban J connectivity index is 1.28. The average molecular weight is 1030 g/mol. The molecule has 4 nitrogen and oxygen atoms in total. The molecule has 2 aromatic heterocycles. The van der Waals surface area contributed by atoms with Gasteiger partial charge in [0.2, 0.25) is 0 Å². The lowest BCUT2D eigenvalue weighted by molar-refractivity contribution is -0.144. The molecule has 0 aliphatic heterocycles. The molecule has 10 rings (SSSR count). The molecule has 10 aromatic rings. The lowest BCUT2D eigenvalue weighted by atomic mass is 9.95. The van der Waals surface area contributed by atoms with E-state index >= 15 is 0 Å². The second-order valence-electron chi connectivity index (χ2n) is 17.1. The summed E-state index contributed by atoms with van der Waals surface area (Å²) in [5.41, 5.74) is -7.72. The Labute approximate surface area is 406 Å². The number of nitrogens with zero attached hydrogens (tertiary/aromatic N) is 4. The van der Waals surface area contributed by atoms with Gasteiger partial charge in [-0.25, -0.2) is 0 Å². The summed E-state index contributed by atoms with van der Waals surface area (Å²) in [5, 5.41) is 22.9. The van der Waals surface area contributed by atoms with Crippen molar-refractivity contribution in [2.75, 3.05) is 0 Å². The molecule has 0 aliphatic rings. The van der Waals surface area contributed by atoms with Gasteiger partial charge in [-0.1, -0.05) is 54.6 Å². The molecule has 0 aliphatic carbocycles. The summed E-state index contributed by atoms with van der Waals surface area (Å²) in [6, 6.07) is 32.5. The van der Waals surface area contributed by atoms with Crippen LogP contribution in [0.2, 0.25) is 0 Å². The van der Waals surface area contributed by atoms with E-state index < -0.39 is 75.4 Å². The largest absolute Gasteiger partial charge is 0.416 e. The Morgan fingerprint density at radius 3 is 1.05 bits per heavy atom. The van der Waals surface area contributed by atoms with Crippen LogP contribution in [0.25, 0.3) is 88.4 Å². The Morgan fingerprint density at radius 1 is 0.311 bits per heavy atom. The van der Waals surface area contributed by atoms with Crippen molar-refractivity contribution in [3.8, 4) is 56.9 Å². The highest BCUT2D eigenvalue weighted by Crippen LogP contribution is 2.46. The fourth-order valence-corrected chi connectivity index (χ4v) is 9.37. The quantitative estimate of drug-likeness (QED) is 0.161. The molecule has 0 unspecified atom stereocenters. The number of benzene rings is 8. The Hall–Kier alpha value is -8.71. The maximum Gasteiger partial charge on any atom is 0.416 e. The number of hydrogen-bond acceptors (Lipinski definition) is 2. The third-order valence-corrected chi connectivity index (χ3v) is 12.7. The highest BCUT2D eigenvalue weighted by molar-refractivity contribution is 6.12. The van der Waals surface area contributed by atoms with Gasteiger partial charge in [0.15, 0.2) is 0 Å². The molecule has 0 amide bonds. The van der Waals surface area contributed by atoms with Crippen LogP contribution in [0.1, 0.15) is 38.9 Å². The molecular formula is C55H25F15N4. The number of nitriles is 2. The van der Waals surface area contributed by atoms with Gasteiger partial charge in [-0.2, -0.15) is 76.4 Å². The van der Waals surface area contributed by atoms with Gasteiger partial charge in [0.25, 0.3) is 0 Å². The Morgan fingerprint density at radius 2 is 0.689 bits per heavy atom. The zero-order valence-electron chi connectivity index (χ0n) is 36.9. The Bertz CT molecular complexity index is 3760. The summed E-state index contributed by atoms with van der Waals surface area (Å²) in [6.45, 7) is 0. The van der Waals surface area contributed by atoms with E-state index in [2.05, 4.69) is 6.07 Å². The Kier molecular flexibility index (Phi) is 11.2. The lowest BCUT2D eigenvalue weighted by Crippen LogP contribution is -2.11. The van der Waals surface area contributed by atoms with Crippen LogP contribution < -0.4 is 0 Å². The van der Waals surface area contributed by atoms with E-state index in [1.807, 2.05) is 0 Å². The van der Waals surface area contributed by atoms with Crippen molar-refractivity contribution in [2.45, 2.75) is 30.9 Å². The highest BCUT2D eigenvalue weighted by atomic mass is 19.4. The van der Waals surface area contributed by atoms with E-state index in [1.54, 1.807) is 63.7 Å². The molecule has 0 bridgehead atoms. The van der Waals surface area contributed by atoms with E-state index in [9.17, 15) is 76.4 Å². The van der Waals surface area contributed by atoms with Crippen molar-refractivity contribution >= 4 is 43.6 Å². The summed E-state index contributed by atoms with van der Waals surface area (Å²) in [5.74, 6) is 0. The molecule has 2 heterocycles. The fraction of sp³-hybridized carbons (Fsp3) is 0.0909. The van der Waals surface area contributed by atoms with Crippen LogP contribution in [0, 0.1) is 22.7 Å². The summed E-state index contributed by atoms with van der Waals surface area (Å²) in [6.07, 6.45) is -25.5. The second kappa shape index (κ2) is 16.9. The van der Waals surface area contributed by atoms with Crippen molar-refractivity contribution in [3.05, 3.63) is 191 Å². The van der Waals surface area contributed by atoms with E-state index in [0.717, 1.165) is 12.1 Å². The molecule has 74 heavy (non-hydrogen) atoms. The maximum absolute atomic E-state index is 14.0. The van der Waals surface area contributed by atoms with Crippen LogP contribution in [-0.2, 0) is 30.9 Å². The second-order valence-corrected chi connectivity index (χ2v) is 17.1. The molecule has 0 radical (unpaired) electrons. The molecule has 370 valence electrons. The number of alkyl halides is 15. The third-order valence-electron chi connectivity index (χ3n) is 12.7. The first-order valence-corrected chi connectivity index (χ1v) is 21.6. The molecule has 8 aromatic carbocycles. The predicted molar refractivity (Wildman–Crippen MR) is 246 cm³/mol. The van der Waals surface area contributed by atoms with E-state index in [1.165, 1.54) is 48.5 Å². The summed E-state index contributed by atoms with van der Waals surface area (Å²) in [7, 11) is 0. The van der Waals surface area contributed by atoms with Crippen molar-refractivity contribution < 1.29 is 65.9 Å². The van der Waals surface area contributed by atoms with E-state index in [-0.39, 0.29) is 73.1 Å². The minimum atomic E-state index is -5.16. The highest BCUT2D eigenvalue weighted by Gasteiger charge is 2.39. The fourth-order valence-electron chi connectivity index (χ4n) is 9.37. The van der Waals surface area contributed by atoms with Gasteiger partial charge in [0.1, 0.15) is 11.6 Å². The molecule has 0 atom stereocenters. The van der Waals surface area contributed by atoms with Crippen LogP contribution in [0.3, 0.4) is 0 Å². The van der Waals surface area contributed by atoms with E-state index in [0.29, 0.717) is 52.1 Å². The van der Waals surface area contributed by atoms with Gasteiger partial charge in [-0.15, -0.1) is 0 Å². The lowest BCUT2D eigenvalue weighted by Gasteiger charge is -2.19. The molecule has 0 saturated heterocycles. The van der Waals surface area contributed by atoms with Gasteiger partial charge in [-0.3, -0.25) is 0 Å². The van der Waals surface area contributed by atoms with Crippen LogP contribution in [0.5, 0.6) is 0 Å². The van der Waals surface area contributed by atoms with E-state index in [4.69, 9.17) is 0 Å². The van der Waals surface area contributed by atoms with Crippen molar-refractivity contribution in [1.29, 1.82) is 10.5 Å². The zero-order valence-corrected chi connectivity index (χ0v) is 36.9. The smallest absolute Gasteiger partial charge is 0.308 e. The summed E-state index contributed by atoms with van der Waals surface area (Å²) < 4.78 is 213. The number of hydrogen-bond donors (Lipinski definition) is 0. The molecule has 0 saturated carbocycles. The maximum atomic E-state index is 14.0. The molecule has 0 fully saturated rings. The van der Waals surface area contributed by atoms with Crippen molar-refractivity contribution in [1.82, 2.24) is 9.13 Å². The number of rotatable bonds is 5. The number of halogens is 15. The van der Waals surface area contributed by atoms with Crippen LogP contribution in [-0.4, -0.2) is 9.13 Å². The van der Waals surface area contributed by atoms with Gasteiger partial charge in [0.05, 0.1) is 72.9 Å². The number of para-hydroxylation sites is 2. The van der Waals surface area contributed by atoms with Crippen molar-refractivity contribution in [3.63, 3.8) is 0 Å². The van der Waals surface area contributed by atoms with Gasteiger partial charge in [0, 0.05) is 21.5 Å². The standard InChI is InChI=1S/C55H25F15N4/c56-51(57,58)34-11-12-39(33(19-34)26-71)32-22-49(73-45-7-3-1-5-40(45)42-20-28(9-13-47(42)73)30-15-35(52(59,60)61)24-36(16-30)53(62,63)64)44(27-72)50(23-32)74-46-8-4-2-6-41(46)43-21-29(10-14-48(43)74)31-17-37(54(65,66)67)25-38(18-31)55(68,69)70/h1-25H. The molecule has 0 N–H and O–H groups in total. The predicted octanol–water partition coefficient (Wildman–Crippen LogP) is 17.7. The van der Waals surface area contributed by atoms with Gasteiger partial charge < -0.3 is 9.13 Å². The van der Waals surface area contributed by atoms with Gasteiger partial charge >= 0.3 is 30.9 Å². The normalized spacial score (nSPS) is 12.8. The van der Waals surface area contributed by atoms with Crippen LogP contribution in [0.4, 0.5) is 65.9 Å². The summed E-state index contributed by atoms with van der Waals surface area (Å²) in [4.78, 5) is 0. The van der Waals surface area contributed by atoms with Crippen LogP contribution in [0.15, 0.2) is 152 Å².